The lowest BCUT2D eigenvalue weighted by Gasteiger charge is -2.12. The molecule has 0 aliphatic carbocycles. The number of aliphatic imine (C=N–C) groups is 1. The maximum absolute atomic E-state index is 5.27. The van der Waals surface area contributed by atoms with Gasteiger partial charge in [-0.1, -0.05) is 48.3 Å². The number of aryl methyl sites for hydroxylation is 3. The Balaban J connectivity index is 1.77. The lowest BCUT2D eigenvalue weighted by Crippen LogP contribution is -2.38. The Bertz CT molecular complexity index is 716. The Hall–Kier alpha value is -2.37. The monoisotopic (exact) mass is 371 g/mol. The van der Waals surface area contributed by atoms with Crippen LogP contribution in [0.1, 0.15) is 61.5 Å². The first-order chi connectivity index (χ1) is 13.0. The summed E-state index contributed by atoms with van der Waals surface area (Å²) in [5.41, 5.74) is 3.98. The van der Waals surface area contributed by atoms with Crippen LogP contribution in [0, 0.1) is 13.8 Å². The minimum absolute atomic E-state index is 0.294. The number of guanidine groups is 1. The van der Waals surface area contributed by atoms with Gasteiger partial charge in [0.05, 0.1) is 0 Å². The molecule has 6 heteroatoms. The molecule has 0 saturated heterocycles. The number of hydrogen-bond acceptors (Lipinski definition) is 4. The number of nitrogens with one attached hydrogen (secondary N) is 2. The van der Waals surface area contributed by atoms with Gasteiger partial charge in [0.2, 0.25) is 5.89 Å². The Morgan fingerprint density at radius 1 is 1.11 bits per heavy atom. The van der Waals surface area contributed by atoms with Gasteiger partial charge in [-0.3, -0.25) is 4.99 Å². The molecule has 1 aromatic carbocycles. The molecule has 0 radical (unpaired) electrons. The van der Waals surface area contributed by atoms with E-state index in [4.69, 9.17) is 4.52 Å². The second-order valence-corrected chi connectivity index (χ2v) is 7.24. The zero-order valence-corrected chi connectivity index (χ0v) is 17.3. The minimum atomic E-state index is 0.294. The van der Waals surface area contributed by atoms with Gasteiger partial charge in [0, 0.05) is 32.0 Å². The molecule has 0 atom stereocenters. The third kappa shape index (κ3) is 7.41. The van der Waals surface area contributed by atoms with Crippen molar-refractivity contribution in [2.24, 2.45) is 4.99 Å². The van der Waals surface area contributed by atoms with Crippen LogP contribution in [0.15, 0.2) is 27.7 Å². The molecule has 27 heavy (non-hydrogen) atoms. The van der Waals surface area contributed by atoms with Crippen molar-refractivity contribution in [1.29, 1.82) is 0 Å². The van der Waals surface area contributed by atoms with Gasteiger partial charge in [-0.25, -0.2) is 0 Å². The summed E-state index contributed by atoms with van der Waals surface area (Å²) in [5, 5.41) is 10.7. The van der Waals surface area contributed by atoms with E-state index in [-0.39, 0.29) is 0 Å². The second kappa shape index (κ2) is 10.7. The Kier molecular flexibility index (Phi) is 8.30. The van der Waals surface area contributed by atoms with Crippen molar-refractivity contribution in [3.63, 3.8) is 0 Å². The van der Waals surface area contributed by atoms with Crippen LogP contribution in [0.2, 0.25) is 0 Å². The van der Waals surface area contributed by atoms with E-state index in [1.54, 1.807) is 0 Å². The van der Waals surface area contributed by atoms with E-state index in [0.29, 0.717) is 11.8 Å². The van der Waals surface area contributed by atoms with Gasteiger partial charge in [0.1, 0.15) is 0 Å². The van der Waals surface area contributed by atoms with E-state index in [0.717, 1.165) is 50.7 Å². The van der Waals surface area contributed by atoms with Crippen LogP contribution >= 0.6 is 0 Å². The van der Waals surface area contributed by atoms with E-state index in [2.05, 4.69) is 78.6 Å². The van der Waals surface area contributed by atoms with Crippen LogP contribution in [0.5, 0.6) is 0 Å². The molecule has 2 aromatic rings. The van der Waals surface area contributed by atoms with Gasteiger partial charge >= 0.3 is 0 Å². The molecule has 1 heterocycles. The molecular formula is C21H33N5O. The molecular weight excluding hydrogens is 338 g/mol. The fraction of sp³-hybridized carbons (Fsp3) is 0.571. The fourth-order valence-corrected chi connectivity index (χ4v) is 2.91. The van der Waals surface area contributed by atoms with Gasteiger partial charge in [-0.05, 0) is 39.2 Å². The first-order valence-electron chi connectivity index (χ1n) is 9.89. The summed E-state index contributed by atoms with van der Waals surface area (Å²) in [6.45, 7) is 12.9. The summed E-state index contributed by atoms with van der Waals surface area (Å²) in [4.78, 5) is 9.04. The third-order valence-corrected chi connectivity index (χ3v) is 4.15. The highest BCUT2D eigenvalue weighted by molar-refractivity contribution is 5.79. The summed E-state index contributed by atoms with van der Waals surface area (Å²) < 4.78 is 5.27. The Morgan fingerprint density at radius 3 is 2.48 bits per heavy atom. The zero-order chi connectivity index (χ0) is 19.6. The quantitative estimate of drug-likeness (QED) is 0.401. The van der Waals surface area contributed by atoms with Crippen LogP contribution in [0.4, 0.5) is 0 Å². The van der Waals surface area contributed by atoms with Crippen molar-refractivity contribution in [3.05, 3.63) is 46.6 Å². The van der Waals surface area contributed by atoms with E-state index < -0.39 is 0 Å². The fourth-order valence-electron chi connectivity index (χ4n) is 2.91. The van der Waals surface area contributed by atoms with E-state index in [1.165, 1.54) is 16.7 Å². The van der Waals surface area contributed by atoms with Crippen molar-refractivity contribution in [2.75, 3.05) is 19.6 Å². The summed E-state index contributed by atoms with van der Waals surface area (Å²) in [6.07, 6.45) is 2.62. The third-order valence-electron chi connectivity index (χ3n) is 4.15. The Morgan fingerprint density at radius 2 is 1.85 bits per heavy atom. The van der Waals surface area contributed by atoms with Gasteiger partial charge < -0.3 is 15.2 Å². The average Bonchev–Trinajstić information content (AvgIpc) is 3.07. The molecule has 1 aromatic heterocycles. The zero-order valence-electron chi connectivity index (χ0n) is 17.3. The first kappa shape index (κ1) is 20.9. The molecule has 2 N–H and O–H groups in total. The first-order valence-corrected chi connectivity index (χ1v) is 9.89. The lowest BCUT2D eigenvalue weighted by molar-refractivity contribution is 0.369. The lowest BCUT2D eigenvalue weighted by atomic mass is 10.1. The molecule has 0 saturated carbocycles. The van der Waals surface area contributed by atoms with Crippen LogP contribution in [-0.2, 0) is 12.8 Å². The predicted molar refractivity (Wildman–Crippen MR) is 110 cm³/mol. The Labute approximate surface area is 162 Å². The van der Waals surface area contributed by atoms with Crippen molar-refractivity contribution in [3.8, 4) is 0 Å². The summed E-state index contributed by atoms with van der Waals surface area (Å²) in [6, 6.07) is 6.69. The predicted octanol–water partition coefficient (Wildman–Crippen LogP) is 3.54. The molecule has 148 valence electrons. The molecule has 0 spiro atoms. The van der Waals surface area contributed by atoms with Gasteiger partial charge in [0.15, 0.2) is 11.8 Å². The van der Waals surface area contributed by atoms with Crippen LogP contribution in [0.25, 0.3) is 0 Å². The van der Waals surface area contributed by atoms with E-state index >= 15 is 0 Å². The van der Waals surface area contributed by atoms with E-state index in [9.17, 15) is 0 Å². The highest BCUT2D eigenvalue weighted by atomic mass is 16.5. The highest BCUT2D eigenvalue weighted by Crippen LogP contribution is 2.11. The maximum Gasteiger partial charge on any atom is 0.226 e. The largest absolute Gasteiger partial charge is 0.357 e. The highest BCUT2D eigenvalue weighted by Gasteiger charge is 2.09. The molecule has 0 aliphatic rings. The summed E-state index contributed by atoms with van der Waals surface area (Å²) in [5.74, 6) is 2.62. The molecule has 0 unspecified atom stereocenters. The molecule has 6 nitrogen and oxygen atoms in total. The second-order valence-electron chi connectivity index (χ2n) is 7.24. The van der Waals surface area contributed by atoms with Crippen molar-refractivity contribution in [2.45, 2.75) is 59.8 Å². The number of nitrogens with zero attached hydrogens (tertiary/aromatic N) is 3. The van der Waals surface area contributed by atoms with Crippen molar-refractivity contribution >= 4 is 5.96 Å². The van der Waals surface area contributed by atoms with Crippen molar-refractivity contribution < 1.29 is 4.52 Å². The number of benzene rings is 1. The van der Waals surface area contributed by atoms with Gasteiger partial charge in [0.25, 0.3) is 0 Å². The number of aromatic nitrogens is 2. The normalized spacial score (nSPS) is 11.9. The van der Waals surface area contributed by atoms with Gasteiger partial charge in [-0.15, -0.1) is 0 Å². The SMILES string of the molecule is CCNC(=NCCCc1nc(C(C)C)no1)NCCc1cc(C)cc(C)c1. The maximum atomic E-state index is 5.27. The summed E-state index contributed by atoms with van der Waals surface area (Å²) in [7, 11) is 0. The molecule has 0 fully saturated rings. The topological polar surface area (TPSA) is 75.3 Å². The average molecular weight is 372 g/mol. The molecule has 0 aliphatic heterocycles. The van der Waals surface area contributed by atoms with E-state index in [1.807, 2.05) is 0 Å². The molecule has 2 rings (SSSR count). The standard InChI is InChI=1S/C21H33N5O/c1-6-22-21(24-11-9-18-13-16(4)12-17(5)14-18)23-10-7-8-19-25-20(15(2)3)26-27-19/h12-15H,6-11H2,1-5H3,(H2,22,23,24). The van der Waals surface area contributed by atoms with Crippen LogP contribution in [0.3, 0.4) is 0 Å². The summed E-state index contributed by atoms with van der Waals surface area (Å²) >= 11 is 0. The number of rotatable bonds is 9. The molecule has 0 bridgehead atoms. The van der Waals surface area contributed by atoms with Crippen LogP contribution in [-0.4, -0.2) is 35.7 Å². The van der Waals surface area contributed by atoms with Gasteiger partial charge in [-0.2, -0.15) is 4.98 Å². The molecule has 0 amide bonds. The van der Waals surface area contributed by atoms with Crippen LogP contribution < -0.4 is 10.6 Å². The number of hydrogen-bond donors (Lipinski definition) is 2. The minimum Gasteiger partial charge on any atom is -0.357 e. The van der Waals surface area contributed by atoms with Crippen molar-refractivity contribution in [1.82, 2.24) is 20.8 Å². The smallest absolute Gasteiger partial charge is 0.226 e.